The highest BCUT2D eigenvalue weighted by Crippen LogP contribution is 2.23. The van der Waals surface area contributed by atoms with Gasteiger partial charge in [0.1, 0.15) is 0 Å². The summed E-state index contributed by atoms with van der Waals surface area (Å²) in [7, 11) is 0. The van der Waals surface area contributed by atoms with Crippen LogP contribution in [0.25, 0.3) is 10.9 Å². The fraction of sp³-hybridized carbons (Fsp3) is 0.182. The lowest BCUT2D eigenvalue weighted by Crippen LogP contribution is -2.03. The van der Waals surface area contributed by atoms with Crippen LogP contribution >= 0.6 is 0 Å². The highest BCUT2D eigenvalue weighted by molar-refractivity contribution is 5.84. The number of nitrogens with one attached hydrogen (secondary N) is 1. The molecule has 1 atom stereocenters. The maximum atomic E-state index is 8.72. The molecule has 0 saturated carbocycles. The molecule has 0 aliphatic heterocycles. The number of H-pyrrole nitrogens is 1. The standard InChI is InChI=1S/C11H11N3/c1-7(13)10-6-14-11-4-8(5-12)2-3-9(10)11/h2-4,6-7,14H,13H2,1H3/t7-/m1/s1. The molecule has 0 aliphatic rings. The Labute approximate surface area is 82.1 Å². The van der Waals surface area contributed by atoms with Crippen molar-refractivity contribution in [1.29, 1.82) is 5.26 Å². The minimum atomic E-state index is 0.0108. The zero-order chi connectivity index (χ0) is 10.1. The molecule has 3 nitrogen and oxygen atoms in total. The highest BCUT2D eigenvalue weighted by Gasteiger charge is 2.07. The van der Waals surface area contributed by atoms with E-state index in [4.69, 9.17) is 11.0 Å². The second-order valence-electron chi connectivity index (χ2n) is 3.40. The van der Waals surface area contributed by atoms with E-state index in [1.54, 1.807) is 0 Å². The average molecular weight is 185 g/mol. The van der Waals surface area contributed by atoms with Crippen molar-refractivity contribution in [2.45, 2.75) is 13.0 Å². The molecule has 2 rings (SSSR count). The molecular formula is C11H11N3. The summed E-state index contributed by atoms with van der Waals surface area (Å²) < 4.78 is 0. The van der Waals surface area contributed by atoms with Gasteiger partial charge in [0.05, 0.1) is 11.6 Å². The van der Waals surface area contributed by atoms with E-state index in [0.717, 1.165) is 16.5 Å². The van der Waals surface area contributed by atoms with Crippen molar-refractivity contribution in [2.75, 3.05) is 0 Å². The molecule has 1 heterocycles. The minimum Gasteiger partial charge on any atom is -0.361 e. The first kappa shape index (κ1) is 8.79. The van der Waals surface area contributed by atoms with Crippen LogP contribution in [0, 0.1) is 11.3 Å². The largest absolute Gasteiger partial charge is 0.361 e. The molecule has 2 aromatic rings. The molecule has 1 aromatic heterocycles. The normalized spacial score (nSPS) is 12.6. The Morgan fingerprint density at radius 2 is 2.29 bits per heavy atom. The number of hydrogen-bond donors (Lipinski definition) is 2. The van der Waals surface area contributed by atoms with Crippen molar-refractivity contribution in [3.8, 4) is 6.07 Å². The van der Waals surface area contributed by atoms with Gasteiger partial charge in [-0.25, -0.2) is 0 Å². The molecule has 0 aliphatic carbocycles. The van der Waals surface area contributed by atoms with E-state index in [1.807, 2.05) is 31.3 Å². The smallest absolute Gasteiger partial charge is 0.0992 e. The number of aromatic nitrogens is 1. The summed E-state index contributed by atoms with van der Waals surface area (Å²) in [6.07, 6.45) is 1.90. The van der Waals surface area contributed by atoms with Crippen molar-refractivity contribution in [3.63, 3.8) is 0 Å². The molecule has 0 unspecified atom stereocenters. The van der Waals surface area contributed by atoms with Crippen LogP contribution in [0.4, 0.5) is 0 Å². The Morgan fingerprint density at radius 1 is 1.50 bits per heavy atom. The fourth-order valence-corrected chi connectivity index (χ4v) is 1.59. The zero-order valence-electron chi connectivity index (χ0n) is 7.91. The quantitative estimate of drug-likeness (QED) is 0.714. The third-order valence-corrected chi connectivity index (χ3v) is 2.33. The Hall–Kier alpha value is -1.79. The molecule has 0 bridgehead atoms. The van der Waals surface area contributed by atoms with E-state index in [1.165, 1.54) is 0 Å². The van der Waals surface area contributed by atoms with Crippen LogP contribution < -0.4 is 5.73 Å². The van der Waals surface area contributed by atoms with Crippen molar-refractivity contribution in [1.82, 2.24) is 4.98 Å². The first-order chi connectivity index (χ1) is 6.72. The monoisotopic (exact) mass is 185 g/mol. The number of fused-ring (bicyclic) bond motifs is 1. The van der Waals surface area contributed by atoms with E-state index in [9.17, 15) is 0 Å². The molecule has 0 saturated heterocycles. The van der Waals surface area contributed by atoms with Gasteiger partial charge < -0.3 is 10.7 Å². The summed E-state index contributed by atoms with van der Waals surface area (Å²) in [5.41, 5.74) is 8.53. The Bertz CT molecular complexity index is 503. The summed E-state index contributed by atoms with van der Waals surface area (Å²) in [4.78, 5) is 3.11. The minimum absolute atomic E-state index is 0.0108. The van der Waals surface area contributed by atoms with Gasteiger partial charge in [0.25, 0.3) is 0 Å². The van der Waals surface area contributed by atoms with Gasteiger partial charge in [-0.1, -0.05) is 6.07 Å². The van der Waals surface area contributed by atoms with E-state index in [-0.39, 0.29) is 6.04 Å². The third-order valence-electron chi connectivity index (χ3n) is 2.33. The number of rotatable bonds is 1. The van der Waals surface area contributed by atoms with E-state index in [2.05, 4.69) is 11.1 Å². The topological polar surface area (TPSA) is 65.6 Å². The average Bonchev–Trinajstić information content (AvgIpc) is 2.59. The zero-order valence-corrected chi connectivity index (χ0v) is 7.91. The van der Waals surface area contributed by atoms with Gasteiger partial charge in [-0.15, -0.1) is 0 Å². The van der Waals surface area contributed by atoms with Crippen LogP contribution in [0.5, 0.6) is 0 Å². The third kappa shape index (κ3) is 1.26. The van der Waals surface area contributed by atoms with Gasteiger partial charge in [-0.2, -0.15) is 5.26 Å². The number of benzene rings is 1. The SMILES string of the molecule is C[C@@H](N)c1c[nH]c2cc(C#N)ccc12. The predicted molar refractivity (Wildman–Crippen MR) is 55.6 cm³/mol. The van der Waals surface area contributed by atoms with Crippen LogP contribution in [0.1, 0.15) is 24.1 Å². The fourth-order valence-electron chi connectivity index (χ4n) is 1.59. The predicted octanol–water partition coefficient (Wildman–Crippen LogP) is 2.06. The van der Waals surface area contributed by atoms with Crippen LogP contribution in [-0.4, -0.2) is 4.98 Å². The van der Waals surface area contributed by atoms with E-state index in [0.29, 0.717) is 5.56 Å². The Balaban J connectivity index is 2.67. The highest BCUT2D eigenvalue weighted by atomic mass is 14.7. The van der Waals surface area contributed by atoms with Gasteiger partial charge in [0, 0.05) is 23.1 Å². The van der Waals surface area contributed by atoms with Gasteiger partial charge in [0.2, 0.25) is 0 Å². The lowest BCUT2D eigenvalue weighted by molar-refractivity contribution is 0.826. The van der Waals surface area contributed by atoms with Crippen molar-refractivity contribution in [2.24, 2.45) is 5.73 Å². The molecule has 0 radical (unpaired) electrons. The molecule has 3 N–H and O–H groups in total. The van der Waals surface area contributed by atoms with Gasteiger partial charge in [0.15, 0.2) is 0 Å². The van der Waals surface area contributed by atoms with Crippen molar-refractivity contribution < 1.29 is 0 Å². The lowest BCUT2D eigenvalue weighted by atomic mass is 10.1. The summed E-state index contributed by atoms with van der Waals surface area (Å²) >= 11 is 0. The van der Waals surface area contributed by atoms with E-state index >= 15 is 0 Å². The molecule has 3 heteroatoms. The molecular weight excluding hydrogens is 174 g/mol. The summed E-state index contributed by atoms with van der Waals surface area (Å²) in [6, 6.07) is 7.69. The van der Waals surface area contributed by atoms with Crippen molar-refractivity contribution >= 4 is 10.9 Å². The Kier molecular flexibility index (Phi) is 1.99. The number of nitrogens with two attached hydrogens (primary N) is 1. The molecule has 0 amide bonds. The molecule has 14 heavy (non-hydrogen) atoms. The molecule has 70 valence electrons. The number of nitrogens with zero attached hydrogens (tertiary/aromatic N) is 1. The number of aromatic amines is 1. The second-order valence-corrected chi connectivity index (χ2v) is 3.40. The maximum absolute atomic E-state index is 8.72. The second kappa shape index (κ2) is 3.17. The Morgan fingerprint density at radius 3 is 2.93 bits per heavy atom. The van der Waals surface area contributed by atoms with Gasteiger partial charge in [-0.05, 0) is 24.6 Å². The number of hydrogen-bond acceptors (Lipinski definition) is 2. The summed E-state index contributed by atoms with van der Waals surface area (Å²) in [5, 5.41) is 9.82. The lowest BCUT2D eigenvalue weighted by Gasteiger charge is -2.01. The summed E-state index contributed by atoms with van der Waals surface area (Å²) in [5.74, 6) is 0. The first-order valence-corrected chi connectivity index (χ1v) is 4.49. The number of nitriles is 1. The van der Waals surface area contributed by atoms with Crippen LogP contribution in [-0.2, 0) is 0 Å². The molecule has 0 spiro atoms. The van der Waals surface area contributed by atoms with E-state index < -0.39 is 0 Å². The van der Waals surface area contributed by atoms with Crippen LogP contribution in [0.15, 0.2) is 24.4 Å². The van der Waals surface area contributed by atoms with Crippen LogP contribution in [0.2, 0.25) is 0 Å². The molecule has 0 fully saturated rings. The maximum Gasteiger partial charge on any atom is 0.0992 e. The summed E-state index contributed by atoms with van der Waals surface area (Å²) in [6.45, 7) is 1.95. The van der Waals surface area contributed by atoms with Gasteiger partial charge in [-0.3, -0.25) is 0 Å². The van der Waals surface area contributed by atoms with Crippen molar-refractivity contribution in [3.05, 3.63) is 35.5 Å². The van der Waals surface area contributed by atoms with Crippen LogP contribution in [0.3, 0.4) is 0 Å². The molecule has 1 aromatic carbocycles. The van der Waals surface area contributed by atoms with Gasteiger partial charge >= 0.3 is 0 Å². The first-order valence-electron chi connectivity index (χ1n) is 4.49.